The summed E-state index contributed by atoms with van der Waals surface area (Å²) >= 11 is 0. The van der Waals surface area contributed by atoms with Crippen LogP contribution in [0.4, 0.5) is 5.69 Å². The molecule has 0 atom stereocenters. The molecule has 0 aliphatic carbocycles. The van der Waals surface area contributed by atoms with E-state index in [1.807, 2.05) is 48.7 Å². The summed E-state index contributed by atoms with van der Waals surface area (Å²) < 4.78 is 3.48. The summed E-state index contributed by atoms with van der Waals surface area (Å²) in [6.07, 6.45) is 6.11. The molecule has 0 spiro atoms. The number of fused-ring (bicyclic) bond motifs is 1. The van der Waals surface area contributed by atoms with Crippen LogP contribution >= 0.6 is 0 Å². The van der Waals surface area contributed by atoms with Gasteiger partial charge in [-0.1, -0.05) is 13.0 Å². The Bertz CT molecular complexity index is 1350. The normalized spacial score (nSPS) is 11.1. The van der Waals surface area contributed by atoms with E-state index in [4.69, 9.17) is 0 Å². The molecule has 0 fully saturated rings. The first-order chi connectivity index (χ1) is 14.9. The van der Waals surface area contributed by atoms with Crippen molar-refractivity contribution in [3.05, 3.63) is 76.4 Å². The molecule has 0 radical (unpaired) electrons. The van der Waals surface area contributed by atoms with E-state index in [-0.39, 0.29) is 11.5 Å². The quantitative estimate of drug-likeness (QED) is 0.533. The molecule has 158 valence electrons. The van der Waals surface area contributed by atoms with E-state index in [1.165, 1.54) is 0 Å². The lowest BCUT2D eigenvalue weighted by Gasteiger charge is -2.13. The first-order valence-corrected chi connectivity index (χ1v) is 10.3. The van der Waals surface area contributed by atoms with Crippen LogP contribution in [0.5, 0.6) is 0 Å². The van der Waals surface area contributed by atoms with Gasteiger partial charge in [-0.05, 0) is 55.7 Å². The number of nitrogens with zero attached hydrogens (tertiary/aromatic N) is 4. The number of benzene rings is 1. The van der Waals surface area contributed by atoms with Gasteiger partial charge in [-0.2, -0.15) is 0 Å². The van der Waals surface area contributed by atoms with E-state index >= 15 is 0 Å². The third-order valence-corrected chi connectivity index (χ3v) is 5.41. The monoisotopic (exact) mass is 415 g/mol. The number of hydrogen-bond acceptors (Lipinski definition) is 4. The van der Waals surface area contributed by atoms with Crippen LogP contribution in [0.3, 0.4) is 0 Å². The standard InChI is InChI=1S/C24H25N5O2/c1-5-9-29-10-8-25-22(29)23(30)27-18-7-6-15(2)19(13-18)20-12-17-14-26-16(3)11-21(17)28(4)24(20)31/h6-8,10-14H,5,9H2,1-4H3,(H,27,30). The van der Waals surface area contributed by atoms with Crippen LogP contribution < -0.4 is 10.9 Å². The third kappa shape index (κ3) is 3.86. The minimum atomic E-state index is -0.278. The first kappa shape index (κ1) is 20.5. The van der Waals surface area contributed by atoms with Gasteiger partial charge in [0.25, 0.3) is 11.5 Å². The van der Waals surface area contributed by atoms with Gasteiger partial charge in [0.05, 0.1) is 5.52 Å². The van der Waals surface area contributed by atoms with Crippen LogP contribution in [0.2, 0.25) is 0 Å². The molecule has 3 heterocycles. The predicted octanol–water partition coefficient (Wildman–Crippen LogP) is 4.08. The Balaban J connectivity index is 1.74. The number of carbonyl (C=O) groups is 1. The van der Waals surface area contributed by atoms with Crippen molar-refractivity contribution in [3.8, 4) is 11.1 Å². The molecule has 0 aliphatic heterocycles. The van der Waals surface area contributed by atoms with Crippen LogP contribution in [0, 0.1) is 13.8 Å². The number of pyridine rings is 2. The third-order valence-electron chi connectivity index (χ3n) is 5.41. The molecular formula is C24H25N5O2. The molecule has 1 aromatic carbocycles. The second kappa shape index (κ2) is 8.18. The lowest BCUT2D eigenvalue weighted by atomic mass is 9.99. The minimum Gasteiger partial charge on any atom is -0.327 e. The van der Waals surface area contributed by atoms with Crippen LogP contribution in [0.1, 0.15) is 35.2 Å². The molecule has 0 unspecified atom stereocenters. The fourth-order valence-corrected chi connectivity index (χ4v) is 3.77. The average Bonchev–Trinajstić information content (AvgIpc) is 3.21. The zero-order valence-corrected chi connectivity index (χ0v) is 18.1. The van der Waals surface area contributed by atoms with Crippen molar-refractivity contribution < 1.29 is 4.79 Å². The maximum atomic E-state index is 13.1. The number of amides is 1. The van der Waals surface area contributed by atoms with Gasteiger partial charge in [0.1, 0.15) is 0 Å². The van der Waals surface area contributed by atoms with Crippen LogP contribution in [0.15, 0.2) is 53.7 Å². The van der Waals surface area contributed by atoms with Crippen LogP contribution in [0.25, 0.3) is 22.0 Å². The number of anilines is 1. The molecule has 0 aliphatic rings. The molecule has 4 aromatic rings. The highest BCUT2D eigenvalue weighted by atomic mass is 16.2. The van der Waals surface area contributed by atoms with Crippen LogP contribution in [-0.4, -0.2) is 25.0 Å². The first-order valence-electron chi connectivity index (χ1n) is 10.3. The number of nitrogens with one attached hydrogen (secondary N) is 1. The summed E-state index contributed by atoms with van der Waals surface area (Å²) in [7, 11) is 1.77. The number of hydrogen-bond donors (Lipinski definition) is 1. The number of aromatic nitrogens is 4. The van der Waals surface area contributed by atoms with Gasteiger partial charge in [0.15, 0.2) is 5.82 Å². The van der Waals surface area contributed by atoms with E-state index in [0.29, 0.717) is 17.1 Å². The van der Waals surface area contributed by atoms with Gasteiger partial charge in [-0.3, -0.25) is 14.6 Å². The SMILES string of the molecule is CCCn1ccnc1C(=O)Nc1ccc(C)c(-c2cc3cnc(C)cc3n(C)c2=O)c1. The molecule has 7 heteroatoms. The second-order valence-corrected chi connectivity index (χ2v) is 7.73. The fourth-order valence-electron chi connectivity index (χ4n) is 3.77. The Morgan fingerprint density at radius 1 is 1.10 bits per heavy atom. The highest BCUT2D eigenvalue weighted by Crippen LogP contribution is 2.27. The Morgan fingerprint density at radius 3 is 2.68 bits per heavy atom. The second-order valence-electron chi connectivity index (χ2n) is 7.73. The van der Waals surface area contributed by atoms with E-state index in [2.05, 4.69) is 22.2 Å². The number of imidazole rings is 1. The largest absolute Gasteiger partial charge is 0.327 e. The zero-order valence-electron chi connectivity index (χ0n) is 18.1. The summed E-state index contributed by atoms with van der Waals surface area (Å²) in [6, 6.07) is 9.35. The Labute approximate surface area is 180 Å². The molecule has 0 saturated carbocycles. The lowest BCUT2D eigenvalue weighted by molar-refractivity contribution is 0.101. The molecule has 0 bridgehead atoms. The maximum absolute atomic E-state index is 13.1. The van der Waals surface area contributed by atoms with Crippen LogP contribution in [-0.2, 0) is 13.6 Å². The summed E-state index contributed by atoms with van der Waals surface area (Å²) in [5.41, 5.74) is 4.51. The minimum absolute atomic E-state index is 0.0943. The molecule has 4 rings (SSSR count). The Morgan fingerprint density at radius 2 is 1.90 bits per heavy atom. The molecule has 3 aromatic heterocycles. The van der Waals surface area contributed by atoms with Crippen molar-refractivity contribution >= 4 is 22.5 Å². The summed E-state index contributed by atoms with van der Waals surface area (Å²) in [4.78, 5) is 34.4. The van der Waals surface area contributed by atoms with E-state index in [1.54, 1.807) is 30.2 Å². The van der Waals surface area contributed by atoms with Crippen molar-refractivity contribution in [2.75, 3.05) is 5.32 Å². The topological polar surface area (TPSA) is 81.8 Å². The van der Waals surface area contributed by atoms with Crippen molar-refractivity contribution in [1.29, 1.82) is 0 Å². The van der Waals surface area contributed by atoms with Crippen molar-refractivity contribution in [1.82, 2.24) is 19.1 Å². The summed E-state index contributed by atoms with van der Waals surface area (Å²) in [6.45, 7) is 6.63. The molecule has 1 amide bonds. The zero-order chi connectivity index (χ0) is 22.1. The predicted molar refractivity (Wildman–Crippen MR) is 122 cm³/mol. The van der Waals surface area contributed by atoms with Gasteiger partial charge in [-0.25, -0.2) is 4.98 Å². The summed E-state index contributed by atoms with van der Waals surface area (Å²) in [5, 5.41) is 3.80. The van der Waals surface area contributed by atoms with Crippen molar-refractivity contribution in [3.63, 3.8) is 0 Å². The molecular weight excluding hydrogens is 390 g/mol. The molecule has 0 saturated heterocycles. The molecule has 7 nitrogen and oxygen atoms in total. The highest BCUT2D eigenvalue weighted by Gasteiger charge is 2.16. The van der Waals surface area contributed by atoms with Gasteiger partial charge < -0.3 is 14.5 Å². The molecule has 31 heavy (non-hydrogen) atoms. The average molecular weight is 415 g/mol. The van der Waals surface area contributed by atoms with Gasteiger partial charge >= 0.3 is 0 Å². The van der Waals surface area contributed by atoms with Crippen molar-refractivity contribution in [2.24, 2.45) is 7.05 Å². The van der Waals surface area contributed by atoms with E-state index < -0.39 is 0 Å². The van der Waals surface area contributed by atoms with Gasteiger partial charge in [0, 0.05) is 54.5 Å². The smallest absolute Gasteiger partial charge is 0.291 e. The summed E-state index contributed by atoms with van der Waals surface area (Å²) in [5.74, 6) is 0.0892. The van der Waals surface area contributed by atoms with Gasteiger partial charge in [0.2, 0.25) is 0 Å². The Kier molecular flexibility index (Phi) is 5.42. The van der Waals surface area contributed by atoms with Crippen molar-refractivity contribution in [2.45, 2.75) is 33.7 Å². The fraction of sp³-hybridized carbons (Fsp3) is 0.250. The highest BCUT2D eigenvalue weighted by molar-refractivity contribution is 6.02. The number of rotatable bonds is 5. The Hall–Kier alpha value is -3.74. The lowest BCUT2D eigenvalue weighted by Crippen LogP contribution is -2.20. The molecule has 1 N–H and O–H groups in total. The van der Waals surface area contributed by atoms with E-state index in [0.717, 1.165) is 40.7 Å². The maximum Gasteiger partial charge on any atom is 0.291 e. The van der Waals surface area contributed by atoms with E-state index in [9.17, 15) is 9.59 Å². The number of aryl methyl sites for hydroxylation is 4. The van der Waals surface area contributed by atoms with Gasteiger partial charge in [-0.15, -0.1) is 0 Å². The number of carbonyl (C=O) groups excluding carboxylic acids is 1.